The fourth-order valence-corrected chi connectivity index (χ4v) is 3.27. The third-order valence-corrected chi connectivity index (χ3v) is 4.65. The molecule has 0 aliphatic carbocycles. The summed E-state index contributed by atoms with van der Waals surface area (Å²) in [6.07, 6.45) is 3.19. The van der Waals surface area contributed by atoms with Gasteiger partial charge in [0.05, 0.1) is 12.0 Å². The van der Waals surface area contributed by atoms with Crippen LogP contribution in [0, 0.1) is 11.8 Å². The van der Waals surface area contributed by atoms with Crippen molar-refractivity contribution in [1.29, 1.82) is 0 Å². The number of hydrogen-bond donors (Lipinski definition) is 2. The predicted octanol–water partition coefficient (Wildman–Crippen LogP) is 0.824. The number of nitrogens with two attached hydrogens (primary N) is 1. The van der Waals surface area contributed by atoms with Crippen LogP contribution in [-0.4, -0.2) is 40.0 Å². The molecule has 1 amide bonds. The van der Waals surface area contributed by atoms with Crippen molar-refractivity contribution in [1.82, 2.24) is 4.90 Å². The van der Waals surface area contributed by atoms with Gasteiger partial charge in [-0.15, -0.1) is 0 Å². The Labute approximate surface area is 107 Å². The minimum absolute atomic E-state index is 0.0550. The van der Waals surface area contributed by atoms with Crippen LogP contribution in [0.5, 0.6) is 0 Å². The van der Waals surface area contributed by atoms with E-state index in [1.807, 2.05) is 13.8 Å². The summed E-state index contributed by atoms with van der Waals surface area (Å²) in [6, 6.07) is -0.528. The second kappa shape index (κ2) is 4.88. The summed E-state index contributed by atoms with van der Waals surface area (Å²) in [5.41, 5.74) is 5.99. The first kappa shape index (κ1) is 13.3. The topological polar surface area (TPSA) is 83.6 Å². The molecule has 5 heteroatoms. The Bertz CT molecular complexity index is 358. The molecule has 102 valence electrons. The molecular formula is C13H22N2O3. The Morgan fingerprint density at radius 1 is 1.44 bits per heavy atom. The molecule has 0 aromatic carbocycles. The lowest BCUT2D eigenvalue weighted by molar-refractivity contribution is -0.143. The predicted molar refractivity (Wildman–Crippen MR) is 66.8 cm³/mol. The minimum atomic E-state index is -0.780. The van der Waals surface area contributed by atoms with E-state index in [1.54, 1.807) is 4.90 Å². The second-order valence-electron chi connectivity index (χ2n) is 5.64. The van der Waals surface area contributed by atoms with Crippen LogP contribution in [0.15, 0.2) is 0 Å². The normalized spacial score (nSPS) is 33.5. The van der Waals surface area contributed by atoms with E-state index < -0.39 is 17.9 Å². The summed E-state index contributed by atoms with van der Waals surface area (Å²) in [5, 5.41) is 9.16. The number of hydrogen-bond acceptors (Lipinski definition) is 3. The third kappa shape index (κ3) is 2.00. The maximum absolute atomic E-state index is 12.4. The minimum Gasteiger partial charge on any atom is -0.481 e. The van der Waals surface area contributed by atoms with E-state index in [0.29, 0.717) is 6.42 Å². The molecule has 0 radical (unpaired) electrons. The van der Waals surface area contributed by atoms with Crippen LogP contribution in [0.1, 0.15) is 39.5 Å². The number of nitrogens with zero attached hydrogens (tertiary/aromatic N) is 1. The molecule has 2 fully saturated rings. The number of carboxylic acids is 1. The largest absolute Gasteiger partial charge is 0.481 e. The van der Waals surface area contributed by atoms with Crippen molar-refractivity contribution in [2.24, 2.45) is 17.6 Å². The zero-order chi connectivity index (χ0) is 13.4. The fourth-order valence-electron chi connectivity index (χ4n) is 3.27. The summed E-state index contributed by atoms with van der Waals surface area (Å²) in [5.74, 6) is -1.09. The highest BCUT2D eigenvalue weighted by Crippen LogP contribution is 2.42. The van der Waals surface area contributed by atoms with Crippen LogP contribution < -0.4 is 5.73 Å². The number of rotatable bonds is 4. The maximum Gasteiger partial charge on any atom is 0.308 e. The van der Waals surface area contributed by atoms with Gasteiger partial charge in [0, 0.05) is 12.1 Å². The van der Waals surface area contributed by atoms with E-state index in [1.165, 1.54) is 0 Å². The van der Waals surface area contributed by atoms with Crippen LogP contribution >= 0.6 is 0 Å². The van der Waals surface area contributed by atoms with E-state index in [2.05, 4.69) is 0 Å². The maximum atomic E-state index is 12.4. The molecule has 2 bridgehead atoms. The van der Waals surface area contributed by atoms with Gasteiger partial charge in [-0.25, -0.2) is 0 Å². The molecule has 0 aromatic rings. The van der Waals surface area contributed by atoms with E-state index >= 15 is 0 Å². The van der Waals surface area contributed by atoms with Crippen molar-refractivity contribution in [2.75, 3.05) is 0 Å². The number of fused-ring (bicyclic) bond motifs is 2. The van der Waals surface area contributed by atoms with Crippen LogP contribution in [0.4, 0.5) is 0 Å². The lowest BCUT2D eigenvalue weighted by atomic mass is 9.89. The Morgan fingerprint density at radius 2 is 2.11 bits per heavy atom. The monoisotopic (exact) mass is 254 g/mol. The molecule has 0 spiro atoms. The molecule has 2 heterocycles. The smallest absolute Gasteiger partial charge is 0.308 e. The first-order valence-corrected chi connectivity index (χ1v) is 6.77. The molecule has 18 heavy (non-hydrogen) atoms. The van der Waals surface area contributed by atoms with Gasteiger partial charge in [0.2, 0.25) is 5.91 Å². The zero-order valence-electron chi connectivity index (χ0n) is 11.0. The molecule has 2 rings (SSSR count). The molecule has 0 saturated carbocycles. The molecule has 0 aromatic heterocycles. The van der Waals surface area contributed by atoms with E-state index in [4.69, 9.17) is 10.8 Å². The molecule has 2 aliphatic rings. The Balaban J connectivity index is 2.11. The van der Waals surface area contributed by atoms with Crippen LogP contribution in [0.3, 0.4) is 0 Å². The molecule has 2 saturated heterocycles. The quantitative estimate of drug-likeness (QED) is 0.778. The fraction of sp³-hybridized carbons (Fsp3) is 0.846. The average Bonchev–Trinajstić information content (AvgIpc) is 2.93. The van der Waals surface area contributed by atoms with Gasteiger partial charge in [-0.3, -0.25) is 9.59 Å². The van der Waals surface area contributed by atoms with Gasteiger partial charge in [0.1, 0.15) is 0 Å². The van der Waals surface area contributed by atoms with Gasteiger partial charge in [0.25, 0.3) is 0 Å². The molecule has 5 atom stereocenters. The van der Waals surface area contributed by atoms with E-state index in [9.17, 15) is 9.59 Å². The first-order chi connectivity index (χ1) is 8.47. The van der Waals surface area contributed by atoms with Crippen LogP contribution in [0.25, 0.3) is 0 Å². The highest BCUT2D eigenvalue weighted by molar-refractivity contribution is 5.84. The molecule has 3 N–H and O–H groups in total. The highest BCUT2D eigenvalue weighted by atomic mass is 16.4. The zero-order valence-corrected chi connectivity index (χ0v) is 11.0. The van der Waals surface area contributed by atoms with Crippen molar-refractivity contribution in [3.05, 3.63) is 0 Å². The summed E-state index contributed by atoms with van der Waals surface area (Å²) in [4.78, 5) is 25.3. The summed E-state index contributed by atoms with van der Waals surface area (Å²) in [6.45, 7) is 3.98. The van der Waals surface area contributed by atoms with Gasteiger partial charge >= 0.3 is 5.97 Å². The molecule has 2 aliphatic heterocycles. The molecule has 3 unspecified atom stereocenters. The van der Waals surface area contributed by atoms with Crippen molar-refractivity contribution < 1.29 is 14.7 Å². The third-order valence-electron chi connectivity index (χ3n) is 4.65. The molecule has 5 nitrogen and oxygen atoms in total. The summed E-state index contributed by atoms with van der Waals surface area (Å²) in [7, 11) is 0. The summed E-state index contributed by atoms with van der Waals surface area (Å²) < 4.78 is 0. The standard InChI is InChI=1S/C13H22N2O3/c1-3-7(2)11(14)12(16)15-8-4-5-10(15)9(6-8)13(17)18/h7-11H,3-6,14H2,1-2H3,(H,17,18)/t7-,8?,9?,10?,11-/m0/s1. The van der Waals surface area contributed by atoms with Crippen molar-refractivity contribution in [2.45, 2.75) is 57.7 Å². The number of carboxylic acid groups (broad SMARTS) is 1. The Hall–Kier alpha value is -1.10. The van der Waals surface area contributed by atoms with Gasteiger partial charge < -0.3 is 15.7 Å². The SMILES string of the molecule is CC[C@H](C)[C@H](N)C(=O)N1C2CCC1C(C(=O)O)C2. The Morgan fingerprint density at radius 3 is 2.61 bits per heavy atom. The van der Waals surface area contributed by atoms with Gasteiger partial charge in [-0.1, -0.05) is 20.3 Å². The van der Waals surface area contributed by atoms with Crippen LogP contribution in [0.2, 0.25) is 0 Å². The number of carbonyl (C=O) groups excluding carboxylic acids is 1. The number of amides is 1. The number of aliphatic carboxylic acids is 1. The lowest BCUT2D eigenvalue weighted by Gasteiger charge is -2.28. The highest BCUT2D eigenvalue weighted by Gasteiger charge is 2.52. The van der Waals surface area contributed by atoms with Crippen molar-refractivity contribution in [3.63, 3.8) is 0 Å². The summed E-state index contributed by atoms with van der Waals surface area (Å²) >= 11 is 0. The Kier molecular flexibility index (Phi) is 3.61. The van der Waals surface area contributed by atoms with E-state index in [-0.39, 0.29) is 23.9 Å². The first-order valence-electron chi connectivity index (χ1n) is 6.77. The second-order valence-corrected chi connectivity index (χ2v) is 5.64. The van der Waals surface area contributed by atoms with Crippen molar-refractivity contribution in [3.8, 4) is 0 Å². The molecular weight excluding hydrogens is 232 g/mol. The van der Waals surface area contributed by atoms with Gasteiger partial charge in [0.15, 0.2) is 0 Å². The van der Waals surface area contributed by atoms with Crippen molar-refractivity contribution >= 4 is 11.9 Å². The van der Waals surface area contributed by atoms with Gasteiger partial charge in [-0.05, 0) is 25.2 Å². The average molecular weight is 254 g/mol. The lowest BCUT2D eigenvalue weighted by Crippen LogP contribution is -2.49. The van der Waals surface area contributed by atoms with Crippen LogP contribution in [-0.2, 0) is 9.59 Å². The van der Waals surface area contributed by atoms with E-state index in [0.717, 1.165) is 19.3 Å². The van der Waals surface area contributed by atoms with Gasteiger partial charge in [-0.2, -0.15) is 0 Å². The number of carbonyl (C=O) groups is 2.